The van der Waals surface area contributed by atoms with Gasteiger partial charge in [-0.15, -0.1) is 0 Å². The number of carbonyl (C=O) groups excluding carboxylic acids is 1. The Balaban J connectivity index is 1.50. The Morgan fingerprint density at radius 1 is 1.12 bits per heavy atom. The third-order valence-corrected chi connectivity index (χ3v) is 5.93. The van der Waals surface area contributed by atoms with Crippen LogP contribution in [0, 0.1) is 17.5 Å². The fraction of sp³-hybridized carbons (Fsp3) is 0.208. The van der Waals surface area contributed by atoms with Crippen LogP contribution >= 0.6 is 0 Å². The van der Waals surface area contributed by atoms with Crippen LogP contribution in [0.5, 0.6) is 5.75 Å². The lowest BCUT2D eigenvalue weighted by Crippen LogP contribution is -2.36. The summed E-state index contributed by atoms with van der Waals surface area (Å²) in [5.74, 6) is -3.61. The first-order chi connectivity index (χ1) is 15.9. The second-order valence-electron chi connectivity index (χ2n) is 7.84. The third kappa shape index (κ3) is 3.40. The number of nitrogens with zero attached hydrogens (tertiary/aromatic N) is 4. The topological polar surface area (TPSA) is 60.2 Å². The van der Waals surface area contributed by atoms with Gasteiger partial charge in [-0.2, -0.15) is 5.10 Å². The second-order valence-corrected chi connectivity index (χ2v) is 7.84. The van der Waals surface area contributed by atoms with Crippen molar-refractivity contribution in [3.8, 4) is 17.0 Å². The minimum absolute atomic E-state index is 0.174. The molecule has 0 spiro atoms. The molecule has 168 valence electrons. The molecule has 9 heteroatoms. The van der Waals surface area contributed by atoms with E-state index in [2.05, 4.69) is 10.1 Å². The molecule has 0 aliphatic carbocycles. The van der Waals surface area contributed by atoms with E-state index < -0.39 is 17.5 Å². The summed E-state index contributed by atoms with van der Waals surface area (Å²) in [6.07, 6.45) is 2.02. The molecule has 1 aliphatic heterocycles. The highest BCUT2D eigenvalue weighted by atomic mass is 19.2. The van der Waals surface area contributed by atoms with Crippen LogP contribution in [0.15, 0.2) is 42.6 Å². The molecular formula is C24H19F3N4O2. The summed E-state index contributed by atoms with van der Waals surface area (Å²) in [5, 5.41) is 5.16. The fourth-order valence-corrected chi connectivity index (χ4v) is 4.42. The predicted molar refractivity (Wildman–Crippen MR) is 115 cm³/mol. The number of benzene rings is 2. The molecule has 1 aliphatic rings. The van der Waals surface area contributed by atoms with Crippen LogP contribution in [-0.4, -0.2) is 39.2 Å². The second kappa shape index (κ2) is 7.91. The van der Waals surface area contributed by atoms with Gasteiger partial charge in [-0.05, 0) is 30.7 Å². The standard InChI is InChI=1S/C24H19F3N4O2/c1-30-23(13-10-17(25)21(27)18(26)11-13)16-7-9-31(12-19(16)29-30)24(32)15-6-8-28-22-14(15)4-3-5-20(22)33-2/h3-6,8,10-11H,7,9,12H2,1-2H3. The smallest absolute Gasteiger partial charge is 0.254 e. The molecule has 0 saturated carbocycles. The zero-order chi connectivity index (χ0) is 23.3. The number of para-hydroxylation sites is 1. The molecule has 0 fully saturated rings. The van der Waals surface area contributed by atoms with E-state index in [1.165, 1.54) is 4.68 Å². The highest BCUT2D eigenvalue weighted by Gasteiger charge is 2.29. The van der Waals surface area contributed by atoms with Crippen molar-refractivity contribution < 1.29 is 22.7 Å². The number of aromatic nitrogens is 3. The van der Waals surface area contributed by atoms with E-state index in [0.717, 1.165) is 17.7 Å². The molecule has 33 heavy (non-hydrogen) atoms. The van der Waals surface area contributed by atoms with Crippen molar-refractivity contribution in [2.24, 2.45) is 7.05 Å². The number of methoxy groups -OCH3 is 1. The zero-order valence-corrected chi connectivity index (χ0v) is 17.9. The largest absolute Gasteiger partial charge is 0.494 e. The van der Waals surface area contributed by atoms with E-state index in [-0.39, 0.29) is 18.0 Å². The number of fused-ring (bicyclic) bond motifs is 2. The Morgan fingerprint density at radius 3 is 2.61 bits per heavy atom. The molecular weight excluding hydrogens is 433 g/mol. The maximum absolute atomic E-state index is 13.8. The van der Waals surface area contributed by atoms with Gasteiger partial charge in [-0.25, -0.2) is 13.2 Å². The number of amides is 1. The molecule has 0 unspecified atom stereocenters. The van der Waals surface area contributed by atoms with Gasteiger partial charge in [-0.1, -0.05) is 12.1 Å². The van der Waals surface area contributed by atoms with Gasteiger partial charge in [0.1, 0.15) is 11.3 Å². The summed E-state index contributed by atoms with van der Waals surface area (Å²) < 4.78 is 47.9. The molecule has 3 heterocycles. The molecule has 0 saturated heterocycles. The number of hydrogen-bond acceptors (Lipinski definition) is 4. The third-order valence-electron chi connectivity index (χ3n) is 5.93. The minimum Gasteiger partial charge on any atom is -0.494 e. The summed E-state index contributed by atoms with van der Waals surface area (Å²) >= 11 is 0. The van der Waals surface area contributed by atoms with E-state index in [0.29, 0.717) is 46.6 Å². The maximum atomic E-state index is 13.8. The summed E-state index contributed by atoms with van der Waals surface area (Å²) in [6, 6.07) is 9.01. The van der Waals surface area contributed by atoms with Crippen LogP contribution < -0.4 is 4.74 Å². The van der Waals surface area contributed by atoms with Crippen LogP contribution in [0.1, 0.15) is 21.6 Å². The number of aryl methyl sites for hydroxylation is 1. The van der Waals surface area contributed by atoms with Gasteiger partial charge in [0, 0.05) is 36.3 Å². The van der Waals surface area contributed by atoms with E-state index in [1.54, 1.807) is 43.5 Å². The van der Waals surface area contributed by atoms with Crippen LogP contribution in [0.2, 0.25) is 0 Å². The maximum Gasteiger partial charge on any atom is 0.254 e. The van der Waals surface area contributed by atoms with Crippen molar-refractivity contribution in [1.29, 1.82) is 0 Å². The Kier molecular flexibility index (Phi) is 5.03. The number of ether oxygens (including phenoxy) is 1. The highest BCUT2D eigenvalue weighted by Crippen LogP contribution is 2.33. The lowest BCUT2D eigenvalue weighted by molar-refractivity contribution is 0.0734. The molecule has 0 atom stereocenters. The number of rotatable bonds is 3. The van der Waals surface area contributed by atoms with Crippen molar-refractivity contribution in [3.05, 3.63) is 76.9 Å². The van der Waals surface area contributed by atoms with E-state index >= 15 is 0 Å². The lowest BCUT2D eigenvalue weighted by Gasteiger charge is -2.27. The molecule has 2 aromatic carbocycles. The average molecular weight is 452 g/mol. The number of carbonyl (C=O) groups is 1. The number of hydrogen-bond donors (Lipinski definition) is 0. The van der Waals surface area contributed by atoms with Crippen LogP contribution in [0.25, 0.3) is 22.2 Å². The normalized spacial score (nSPS) is 13.3. The summed E-state index contributed by atoms with van der Waals surface area (Å²) in [6.45, 7) is 0.631. The molecule has 4 aromatic rings. The first-order valence-corrected chi connectivity index (χ1v) is 10.3. The quantitative estimate of drug-likeness (QED) is 0.436. The van der Waals surface area contributed by atoms with E-state index in [9.17, 15) is 18.0 Å². The van der Waals surface area contributed by atoms with E-state index in [1.807, 2.05) is 6.07 Å². The van der Waals surface area contributed by atoms with Crippen molar-refractivity contribution in [3.63, 3.8) is 0 Å². The zero-order valence-electron chi connectivity index (χ0n) is 17.9. The van der Waals surface area contributed by atoms with Gasteiger partial charge < -0.3 is 9.64 Å². The van der Waals surface area contributed by atoms with Gasteiger partial charge in [0.05, 0.1) is 30.6 Å². The van der Waals surface area contributed by atoms with Gasteiger partial charge >= 0.3 is 0 Å². The van der Waals surface area contributed by atoms with E-state index in [4.69, 9.17) is 4.74 Å². The Labute approximate surface area is 187 Å². The molecule has 0 N–H and O–H groups in total. The summed E-state index contributed by atoms with van der Waals surface area (Å²) in [7, 11) is 3.20. The summed E-state index contributed by atoms with van der Waals surface area (Å²) in [5.41, 5.74) is 3.23. The molecule has 0 radical (unpaired) electrons. The van der Waals surface area contributed by atoms with Crippen molar-refractivity contribution in [2.45, 2.75) is 13.0 Å². The molecule has 0 bridgehead atoms. The predicted octanol–water partition coefficient (Wildman–Crippen LogP) is 4.26. The van der Waals surface area contributed by atoms with Crippen LogP contribution in [0.3, 0.4) is 0 Å². The van der Waals surface area contributed by atoms with Gasteiger partial charge in [0.15, 0.2) is 17.5 Å². The Morgan fingerprint density at radius 2 is 1.88 bits per heavy atom. The number of halogens is 3. The van der Waals surface area contributed by atoms with Crippen molar-refractivity contribution >= 4 is 16.8 Å². The van der Waals surface area contributed by atoms with Crippen molar-refractivity contribution in [2.75, 3.05) is 13.7 Å². The Hall–Kier alpha value is -3.88. The SMILES string of the molecule is COc1cccc2c(C(=O)N3CCc4c(nn(C)c4-c4cc(F)c(F)c(F)c4)C3)ccnc12. The van der Waals surface area contributed by atoms with Gasteiger partial charge in [0.2, 0.25) is 0 Å². The van der Waals surface area contributed by atoms with Crippen LogP contribution in [0.4, 0.5) is 13.2 Å². The lowest BCUT2D eigenvalue weighted by atomic mass is 9.98. The molecule has 5 rings (SSSR count). The first-order valence-electron chi connectivity index (χ1n) is 10.3. The Bertz CT molecular complexity index is 1390. The first kappa shape index (κ1) is 21.0. The fourth-order valence-electron chi connectivity index (χ4n) is 4.42. The highest BCUT2D eigenvalue weighted by molar-refractivity contribution is 6.07. The summed E-state index contributed by atoms with van der Waals surface area (Å²) in [4.78, 5) is 19.4. The molecule has 1 amide bonds. The van der Waals surface area contributed by atoms with Gasteiger partial charge in [0.25, 0.3) is 5.91 Å². The molecule has 2 aromatic heterocycles. The number of pyridine rings is 1. The minimum atomic E-state index is -1.51. The average Bonchev–Trinajstić information content (AvgIpc) is 3.15. The van der Waals surface area contributed by atoms with Crippen LogP contribution in [-0.2, 0) is 20.0 Å². The van der Waals surface area contributed by atoms with Crippen molar-refractivity contribution in [1.82, 2.24) is 19.7 Å². The van der Waals surface area contributed by atoms with Gasteiger partial charge in [-0.3, -0.25) is 14.5 Å². The monoisotopic (exact) mass is 452 g/mol. The molecule has 6 nitrogen and oxygen atoms in total.